The monoisotopic (exact) mass is 634 g/mol. The Balaban J connectivity index is 1.70. The van der Waals surface area contributed by atoms with Crippen LogP contribution in [-0.4, -0.2) is 74.6 Å². The lowest BCUT2D eigenvalue weighted by Crippen LogP contribution is -2.75. The molecule has 244 valence electrons. The number of ether oxygens (including phenoxy) is 4. The number of carbonyl (C=O) groups is 4. The molecule has 0 bridgehead atoms. The summed E-state index contributed by atoms with van der Waals surface area (Å²) < 4.78 is 23.3. The van der Waals surface area contributed by atoms with E-state index >= 15 is 0 Å². The third-order valence-electron chi connectivity index (χ3n) is 10.3. The lowest BCUT2D eigenvalue weighted by Gasteiger charge is -2.66. The summed E-state index contributed by atoms with van der Waals surface area (Å²) in [7, 11) is 0. The average Bonchev–Trinajstić information content (AvgIpc) is 3.35. The lowest BCUT2D eigenvalue weighted by atomic mass is 9.42. The first kappa shape index (κ1) is 32.8. The molecule has 0 amide bonds. The smallest absolute Gasteiger partial charge is 0.373 e. The molecule has 0 radical (unpaired) electrons. The van der Waals surface area contributed by atoms with Crippen LogP contribution in [0.5, 0.6) is 0 Å². The van der Waals surface area contributed by atoms with Gasteiger partial charge in [-0.25, -0.2) is 14.4 Å². The van der Waals surface area contributed by atoms with Gasteiger partial charge >= 0.3 is 23.9 Å². The van der Waals surface area contributed by atoms with Gasteiger partial charge in [0.15, 0.2) is 12.2 Å². The van der Waals surface area contributed by atoms with Crippen molar-refractivity contribution < 1.29 is 48.3 Å². The van der Waals surface area contributed by atoms with E-state index in [1.54, 1.807) is 25.1 Å². The Bertz CT molecular complexity index is 1590. The third kappa shape index (κ3) is 5.44. The Labute approximate surface area is 266 Å². The van der Waals surface area contributed by atoms with Gasteiger partial charge in [-0.15, -0.1) is 0 Å². The largest absolute Gasteiger partial charge is 0.502 e. The molecule has 2 aliphatic carbocycles. The molecule has 0 unspecified atom stereocenters. The van der Waals surface area contributed by atoms with E-state index in [1.807, 2.05) is 19.9 Å². The number of esters is 4. The number of hydrogen-bond donors (Lipinski definition) is 2. The molecular formula is C34H38N2O10. The van der Waals surface area contributed by atoms with Crippen LogP contribution in [0.4, 0.5) is 0 Å². The van der Waals surface area contributed by atoms with Crippen molar-refractivity contribution in [1.29, 1.82) is 0 Å². The molecule has 0 spiro atoms. The minimum absolute atomic E-state index is 0.105. The predicted molar refractivity (Wildman–Crippen MR) is 161 cm³/mol. The van der Waals surface area contributed by atoms with Gasteiger partial charge in [-0.3, -0.25) is 14.8 Å². The summed E-state index contributed by atoms with van der Waals surface area (Å²) in [6.07, 6.45) is 4.77. The van der Waals surface area contributed by atoms with Gasteiger partial charge in [-0.2, -0.15) is 0 Å². The molecule has 0 aromatic carbocycles. The van der Waals surface area contributed by atoms with Crippen molar-refractivity contribution >= 4 is 23.9 Å². The highest BCUT2D eigenvalue weighted by atomic mass is 16.6. The molecule has 2 N–H and O–H groups in total. The zero-order valence-corrected chi connectivity index (χ0v) is 26.4. The van der Waals surface area contributed by atoms with Gasteiger partial charge in [0.1, 0.15) is 18.3 Å². The van der Waals surface area contributed by atoms with Crippen molar-refractivity contribution in [2.45, 2.75) is 77.8 Å². The Morgan fingerprint density at radius 2 is 1.61 bits per heavy atom. The van der Waals surface area contributed by atoms with Crippen LogP contribution in [0.1, 0.15) is 74.6 Å². The fourth-order valence-corrected chi connectivity index (χ4v) is 7.51. The maximum Gasteiger partial charge on any atom is 0.373 e. The number of cyclic esters (lactones) is 1. The van der Waals surface area contributed by atoms with Gasteiger partial charge in [0.2, 0.25) is 5.76 Å². The topological polar surface area (TPSA) is 171 Å². The van der Waals surface area contributed by atoms with Crippen molar-refractivity contribution in [3.8, 4) is 0 Å². The van der Waals surface area contributed by atoms with Crippen molar-refractivity contribution in [3.63, 3.8) is 0 Å². The van der Waals surface area contributed by atoms with Crippen molar-refractivity contribution in [2.24, 2.45) is 16.7 Å². The number of allylic oxidation sites excluding steroid dienone is 1. The van der Waals surface area contributed by atoms with Crippen LogP contribution in [0.25, 0.3) is 0 Å². The number of hydrogen-bond acceptors (Lipinski definition) is 12. The minimum atomic E-state index is -2.04. The van der Waals surface area contributed by atoms with Gasteiger partial charge in [-0.1, -0.05) is 25.5 Å². The summed E-state index contributed by atoms with van der Waals surface area (Å²) in [4.78, 5) is 60.0. The lowest BCUT2D eigenvalue weighted by molar-refractivity contribution is -0.290. The second-order valence-electron chi connectivity index (χ2n) is 12.7. The highest BCUT2D eigenvalue weighted by Gasteiger charge is 2.73. The predicted octanol–water partition coefficient (Wildman–Crippen LogP) is 4.05. The molecule has 12 heteroatoms. The Morgan fingerprint density at radius 3 is 2.11 bits per heavy atom. The molecule has 3 heterocycles. The summed E-state index contributed by atoms with van der Waals surface area (Å²) in [5.41, 5.74) is -3.23. The maximum atomic E-state index is 13.6. The van der Waals surface area contributed by atoms with E-state index in [2.05, 4.69) is 9.97 Å². The number of rotatable bonds is 8. The molecule has 7 atom stereocenters. The molecular weight excluding hydrogens is 596 g/mol. The number of fused-ring (bicyclic) bond motifs is 1. The maximum absolute atomic E-state index is 13.6. The molecule has 12 nitrogen and oxygen atoms in total. The Morgan fingerprint density at radius 1 is 1.02 bits per heavy atom. The molecule has 5 rings (SSSR count). The number of aliphatic hydroxyl groups is 2. The molecule has 1 saturated carbocycles. The Kier molecular flexibility index (Phi) is 8.78. The first-order valence-corrected chi connectivity index (χ1v) is 15.1. The minimum Gasteiger partial charge on any atom is -0.502 e. The van der Waals surface area contributed by atoms with E-state index in [-0.39, 0.29) is 29.7 Å². The Hall–Kier alpha value is -4.58. The second-order valence-corrected chi connectivity index (χ2v) is 12.7. The molecule has 2 aromatic rings. The van der Waals surface area contributed by atoms with Crippen LogP contribution >= 0.6 is 0 Å². The van der Waals surface area contributed by atoms with Crippen LogP contribution in [0, 0.1) is 16.7 Å². The zero-order valence-electron chi connectivity index (χ0n) is 26.4. The molecule has 0 saturated heterocycles. The SMILES string of the molecule is CC(=O)O[C@H](CC1=C(O)C(=O)OC1)[C@@]1(C)[C@@H]2CCC=C(C)[C@@]2(C)[C@H](OC(=O)c2cccnc2)[C@@H](OC(=O)c2cccnc2)[C@@]1(C)O. The molecule has 1 fully saturated rings. The standard InChI is InChI=1S/C34H38N2O10/c1-19-9-6-12-24-32(19,3)27(45-29(39)21-10-7-13-35-16-21)28(46-30(40)22-11-8-14-36-17-22)34(5,42)33(24,4)25(44-20(2)37)15-23-18-43-31(41)26(23)38/h7-11,13-14,16-17,24-25,27-28,38,42H,6,12,15,18H2,1-5H3/t24-,25-,27-,28-,32-,33-,34-/m1/s1. The van der Waals surface area contributed by atoms with Crippen LogP contribution < -0.4 is 0 Å². The van der Waals surface area contributed by atoms with Gasteiger partial charge in [0.05, 0.1) is 11.1 Å². The van der Waals surface area contributed by atoms with Gasteiger partial charge < -0.3 is 29.2 Å². The van der Waals surface area contributed by atoms with Crippen LogP contribution in [0.3, 0.4) is 0 Å². The first-order chi connectivity index (χ1) is 21.7. The van der Waals surface area contributed by atoms with Crippen molar-refractivity contribution in [1.82, 2.24) is 9.97 Å². The van der Waals surface area contributed by atoms with Crippen LogP contribution in [0.15, 0.2) is 72.0 Å². The van der Waals surface area contributed by atoms with Gasteiger partial charge in [0, 0.05) is 54.5 Å². The highest BCUT2D eigenvalue weighted by Crippen LogP contribution is 2.65. The van der Waals surface area contributed by atoms with Crippen LogP contribution in [-0.2, 0) is 28.5 Å². The first-order valence-electron chi connectivity index (χ1n) is 15.1. The van der Waals surface area contributed by atoms with Crippen LogP contribution in [0.2, 0.25) is 0 Å². The number of carbonyl (C=O) groups excluding carboxylic acids is 4. The average molecular weight is 635 g/mol. The van der Waals surface area contributed by atoms with Gasteiger partial charge in [-0.05, 0) is 56.9 Å². The highest BCUT2D eigenvalue weighted by molar-refractivity contribution is 5.90. The van der Waals surface area contributed by atoms with E-state index in [4.69, 9.17) is 18.9 Å². The zero-order chi connectivity index (χ0) is 33.4. The van der Waals surface area contributed by atoms with E-state index in [1.165, 1.54) is 44.7 Å². The summed E-state index contributed by atoms with van der Waals surface area (Å²) in [5, 5.41) is 23.3. The number of pyridine rings is 2. The summed E-state index contributed by atoms with van der Waals surface area (Å²) in [5.74, 6) is -4.23. The quantitative estimate of drug-likeness (QED) is 0.243. The number of nitrogens with zero attached hydrogens (tertiary/aromatic N) is 2. The molecule has 46 heavy (non-hydrogen) atoms. The summed E-state index contributed by atoms with van der Waals surface area (Å²) >= 11 is 0. The fraction of sp³-hybridized carbons (Fsp3) is 0.471. The van der Waals surface area contributed by atoms with E-state index in [9.17, 15) is 29.4 Å². The van der Waals surface area contributed by atoms with E-state index < -0.39 is 70.3 Å². The van der Waals surface area contributed by atoms with Crippen molar-refractivity contribution in [2.75, 3.05) is 6.61 Å². The summed E-state index contributed by atoms with van der Waals surface area (Å²) in [6.45, 7) is 7.98. The van der Waals surface area contributed by atoms with E-state index in [0.29, 0.717) is 12.8 Å². The molecule has 1 aliphatic heterocycles. The van der Waals surface area contributed by atoms with Gasteiger partial charge in [0.25, 0.3) is 0 Å². The number of aliphatic hydroxyl groups excluding tert-OH is 1. The van der Waals surface area contributed by atoms with Crippen molar-refractivity contribution in [3.05, 3.63) is 83.2 Å². The van der Waals surface area contributed by atoms with E-state index in [0.717, 1.165) is 5.57 Å². The fourth-order valence-electron chi connectivity index (χ4n) is 7.51. The normalized spacial score (nSPS) is 31.2. The summed E-state index contributed by atoms with van der Waals surface area (Å²) in [6, 6.07) is 6.20. The third-order valence-corrected chi connectivity index (χ3v) is 10.3. The second kappa shape index (κ2) is 12.3. The number of aromatic nitrogens is 2. The molecule has 3 aliphatic rings. The molecule has 2 aromatic heterocycles.